The second-order valence-corrected chi connectivity index (χ2v) is 3.33. The number of hydrogen-bond acceptors (Lipinski definition) is 5. The zero-order valence-electron chi connectivity index (χ0n) is 8.71. The summed E-state index contributed by atoms with van der Waals surface area (Å²) in [6, 6.07) is 5.90. The Morgan fingerprint density at radius 3 is 3.12 bits per heavy atom. The van der Waals surface area contributed by atoms with E-state index in [4.69, 9.17) is 4.74 Å². The fraction of sp³-hybridized carbons (Fsp3) is 0.273. The van der Waals surface area contributed by atoms with Gasteiger partial charge in [-0.05, 0) is 18.2 Å². The molecule has 1 heterocycles. The number of phenolic OH excluding ortho intramolecular Hbond substituents is 1. The summed E-state index contributed by atoms with van der Waals surface area (Å²) in [6.07, 6.45) is 0. The Morgan fingerprint density at radius 1 is 1.62 bits per heavy atom. The summed E-state index contributed by atoms with van der Waals surface area (Å²) in [5, 5.41) is 9.29. The van der Waals surface area contributed by atoms with E-state index in [9.17, 15) is 9.90 Å². The van der Waals surface area contributed by atoms with E-state index in [1.54, 1.807) is 18.2 Å². The summed E-state index contributed by atoms with van der Waals surface area (Å²) in [5.41, 5.74) is 0.645. The van der Waals surface area contributed by atoms with E-state index < -0.39 is 12.0 Å². The first kappa shape index (κ1) is 10.5. The standard InChI is InChI=1S/C11H11NO4/c1-15-11(14)9-6-16-10(12-9)7-3-2-4-8(13)5-7/h2-5,9,13H,6H2,1H3. The Bertz CT molecular complexity index is 441. The van der Waals surface area contributed by atoms with Gasteiger partial charge in [-0.2, -0.15) is 0 Å². The van der Waals surface area contributed by atoms with E-state index in [0.717, 1.165) is 0 Å². The van der Waals surface area contributed by atoms with Crippen molar-refractivity contribution in [2.24, 2.45) is 4.99 Å². The number of esters is 1. The minimum absolute atomic E-state index is 0.130. The average molecular weight is 221 g/mol. The van der Waals surface area contributed by atoms with E-state index in [-0.39, 0.29) is 12.4 Å². The molecule has 1 aliphatic heterocycles. The van der Waals surface area contributed by atoms with Crippen LogP contribution in [0.2, 0.25) is 0 Å². The third kappa shape index (κ3) is 1.98. The van der Waals surface area contributed by atoms with Crippen LogP contribution in [-0.2, 0) is 14.3 Å². The smallest absolute Gasteiger partial charge is 0.334 e. The first-order valence-corrected chi connectivity index (χ1v) is 4.78. The van der Waals surface area contributed by atoms with Gasteiger partial charge in [0.2, 0.25) is 5.90 Å². The van der Waals surface area contributed by atoms with Crippen LogP contribution in [0.25, 0.3) is 0 Å². The molecule has 16 heavy (non-hydrogen) atoms. The van der Waals surface area contributed by atoms with Gasteiger partial charge in [-0.15, -0.1) is 0 Å². The molecule has 0 spiro atoms. The molecule has 0 saturated heterocycles. The molecule has 0 aromatic heterocycles. The molecule has 1 aromatic carbocycles. The summed E-state index contributed by atoms with van der Waals surface area (Å²) in [7, 11) is 1.31. The van der Waals surface area contributed by atoms with Crippen molar-refractivity contribution in [1.29, 1.82) is 0 Å². The molecule has 0 aliphatic carbocycles. The summed E-state index contributed by atoms with van der Waals surface area (Å²) >= 11 is 0. The molecular weight excluding hydrogens is 210 g/mol. The molecule has 1 atom stereocenters. The number of nitrogens with zero attached hydrogens (tertiary/aromatic N) is 1. The molecule has 5 nitrogen and oxygen atoms in total. The fourth-order valence-electron chi connectivity index (χ4n) is 1.43. The number of aromatic hydroxyl groups is 1. The molecule has 0 bridgehead atoms. The first-order chi connectivity index (χ1) is 7.70. The number of rotatable bonds is 2. The minimum Gasteiger partial charge on any atom is -0.508 e. The van der Waals surface area contributed by atoms with Gasteiger partial charge in [0.05, 0.1) is 7.11 Å². The van der Waals surface area contributed by atoms with Crippen molar-refractivity contribution in [1.82, 2.24) is 0 Å². The number of carbonyl (C=O) groups excluding carboxylic acids is 1. The van der Waals surface area contributed by atoms with E-state index in [1.807, 2.05) is 0 Å². The zero-order valence-corrected chi connectivity index (χ0v) is 8.71. The van der Waals surface area contributed by atoms with Crippen molar-refractivity contribution in [3.8, 4) is 5.75 Å². The lowest BCUT2D eigenvalue weighted by molar-refractivity contribution is -0.142. The van der Waals surface area contributed by atoms with Crippen molar-refractivity contribution in [2.75, 3.05) is 13.7 Å². The maximum atomic E-state index is 11.2. The van der Waals surface area contributed by atoms with Crippen molar-refractivity contribution < 1.29 is 19.4 Å². The molecule has 84 valence electrons. The van der Waals surface area contributed by atoms with Gasteiger partial charge in [0.1, 0.15) is 12.4 Å². The second kappa shape index (κ2) is 4.22. The first-order valence-electron chi connectivity index (χ1n) is 4.78. The Balaban J connectivity index is 2.21. The molecule has 1 aliphatic rings. The number of ether oxygens (including phenoxy) is 2. The molecule has 1 aromatic rings. The lowest BCUT2D eigenvalue weighted by Gasteiger charge is -2.01. The molecule has 5 heteroatoms. The predicted octanol–water partition coefficient (Wildman–Crippen LogP) is 0.711. The van der Waals surface area contributed by atoms with Crippen LogP contribution in [0.3, 0.4) is 0 Å². The highest BCUT2D eigenvalue weighted by atomic mass is 16.5. The van der Waals surface area contributed by atoms with Gasteiger partial charge >= 0.3 is 5.97 Å². The van der Waals surface area contributed by atoms with Crippen molar-refractivity contribution in [3.63, 3.8) is 0 Å². The van der Waals surface area contributed by atoms with Crippen molar-refractivity contribution >= 4 is 11.9 Å². The Labute approximate surface area is 92.3 Å². The second-order valence-electron chi connectivity index (χ2n) is 3.33. The quantitative estimate of drug-likeness (QED) is 0.747. The van der Waals surface area contributed by atoms with Crippen molar-refractivity contribution in [2.45, 2.75) is 6.04 Å². The summed E-state index contributed by atoms with van der Waals surface area (Å²) in [5.74, 6) is 0.0618. The van der Waals surface area contributed by atoms with Crippen LogP contribution in [0.5, 0.6) is 5.75 Å². The van der Waals surface area contributed by atoms with E-state index in [0.29, 0.717) is 11.5 Å². The highest BCUT2D eigenvalue weighted by molar-refractivity contribution is 5.97. The van der Waals surface area contributed by atoms with Crippen LogP contribution in [0.15, 0.2) is 29.3 Å². The SMILES string of the molecule is COC(=O)C1COC(c2cccc(O)c2)=N1. The molecular formula is C11H11NO4. The van der Waals surface area contributed by atoms with Crippen LogP contribution in [0.4, 0.5) is 0 Å². The van der Waals surface area contributed by atoms with Crippen molar-refractivity contribution in [3.05, 3.63) is 29.8 Å². The van der Waals surface area contributed by atoms with E-state index in [1.165, 1.54) is 13.2 Å². The molecule has 0 amide bonds. The summed E-state index contributed by atoms with van der Waals surface area (Å²) < 4.78 is 9.83. The Hall–Kier alpha value is -2.04. The highest BCUT2D eigenvalue weighted by Gasteiger charge is 2.27. The van der Waals surface area contributed by atoms with Gasteiger partial charge in [-0.3, -0.25) is 0 Å². The maximum absolute atomic E-state index is 11.2. The third-order valence-electron chi connectivity index (χ3n) is 2.22. The molecule has 1 N–H and O–H groups in total. The van der Waals surface area contributed by atoms with E-state index in [2.05, 4.69) is 9.73 Å². The van der Waals surface area contributed by atoms with Gasteiger partial charge in [0.25, 0.3) is 0 Å². The van der Waals surface area contributed by atoms with Gasteiger partial charge in [0, 0.05) is 5.56 Å². The van der Waals surface area contributed by atoms with Crippen LogP contribution < -0.4 is 0 Å². The van der Waals surface area contributed by atoms with Crippen LogP contribution >= 0.6 is 0 Å². The monoisotopic (exact) mass is 221 g/mol. The topological polar surface area (TPSA) is 68.1 Å². The molecule has 2 rings (SSSR count). The largest absolute Gasteiger partial charge is 0.508 e. The average Bonchev–Trinajstić information content (AvgIpc) is 2.77. The number of carbonyl (C=O) groups is 1. The molecule has 0 saturated carbocycles. The van der Waals surface area contributed by atoms with Gasteiger partial charge in [-0.1, -0.05) is 6.07 Å². The lowest BCUT2D eigenvalue weighted by atomic mass is 10.2. The van der Waals surface area contributed by atoms with Crippen LogP contribution in [-0.4, -0.2) is 36.7 Å². The molecule has 0 radical (unpaired) electrons. The van der Waals surface area contributed by atoms with Crippen LogP contribution in [0, 0.1) is 0 Å². The number of aliphatic imine (C=N–C) groups is 1. The fourth-order valence-corrected chi connectivity index (χ4v) is 1.43. The summed E-state index contributed by atoms with van der Waals surface area (Å²) in [6.45, 7) is 0.178. The van der Waals surface area contributed by atoms with E-state index >= 15 is 0 Å². The normalized spacial score (nSPS) is 18.8. The zero-order chi connectivity index (χ0) is 11.5. The summed E-state index contributed by atoms with van der Waals surface area (Å²) in [4.78, 5) is 15.3. The number of benzene rings is 1. The number of methoxy groups -OCH3 is 1. The van der Waals surface area contributed by atoms with Gasteiger partial charge in [0.15, 0.2) is 6.04 Å². The predicted molar refractivity (Wildman–Crippen MR) is 56.4 cm³/mol. The van der Waals surface area contributed by atoms with Gasteiger partial charge in [-0.25, -0.2) is 9.79 Å². The Morgan fingerprint density at radius 2 is 2.44 bits per heavy atom. The lowest BCUT2D eigenvalue weighted by Crippen LogP contribution is -2.21. The molecule has 0 fully saturated rings. The molecule has 1 unspecified atom stereocenters. The Kier molecular flexibility index (Phi) is 2.76. The maximum Gasteiger partial charge on any atom is 0.334 e. The number of hydrogen-bond donors (Lipinski definition) is 1. The minimum atomic E-state index is -0.609. The van der Waals surface area contributed by atoms with Crippen LogP contribution in [0.1, 0.15) is 5.56 Å². The number of phenols is 1. The highest BCUT2D eigenvalue weighted by Crippen LogP contribution is 2.16. The third-order valence-corrected chi connectivity index (χ3v) is 2.22. The van der Waals surface area contributed by atoms with Gasteiger partial charge < -0.3 is 14.6 Å².